The summed E-state index contributed by atoms with van der Waals surface area (Å²) in [5.74, 6) is 0. The number of amides is 2. The summed E-state index contributed by atoms with van der Waals surface area (Å²) in [6, 6.07) is 17.3. The zero-order valence-electron chi connectivity index (χ0n) is 19.1. The van der Waals surface area contributed by atoms with Crippen LogP contribution in [0.4, 0.5) is 4.79 Å². The fourth-order valence-corrected chi connectivity index (χ4v) is 4.30. The fourth-order valence-electron chi connectivity index (χ4n) is 3.40. The molecule has 0 aliphatic heterocycles. The largest absolute Gasteiger partial charge is 0.325 e. The summed E-state index contributed by atoms with van der Waals surface area (Å²) in [4.78, 5) is 17.0. The maximum Gasteiger partial charge on any atom is 0.319 e. The first-order valence-electron chi connectivity index (χ1n) is 10.9. The van der Waals surface area contributed by atoms with E-state index in [1.54, 1.807) is 12.1 Å². The summed E-state index contributed by atoms with van der Waals surface area (Å²) in [6.45, 7) is 6.66. The minimum atomic E-state index is -3.42. The van der Waals surface area contributed by atoms with E-state index in [2.05, 4.69) is 12.1 Å². The van der Waals surface area contributed by atoms with E-state index in [0.29, 0.717) is 26.1 Å². The highest BCUT2D eigenvalue weighted by Crippen LogP contribution is 2.15. The van der Waals surface area contributed by atoms with Crippen LogP contribution in [0.1, 0.15) is 31.4 Å². The summed E-state index contributed by atoms with van der Waals surface area (Å²) in [7, 11) is -0.382. The maximum absolute atomic E-state index is 13.0. The van der Waals surface area contributed by atoms with Crippen LogP contribution in [0.5, 0.6) is 0 Å². The summed E-state index contributed by atoms with van der Waals surface area (Å²) in [6.07, 6.45) is 2.57. The molecule has 0 unspecified atom stereocenters. The second-order valence-corrected chi connectivity index (χ2v) is 9.86. The van der Waals surface area contributed by atoms with Gasteiger partial charge >= 0.3 is 6.03 Å². The molecule has 0 saturated heterocycles. The van der Waals surface area contributed by atoms with Gasteiger partial charge in [-0.15, -0.1) is 0 Å². The van der Waals surface area contributed by atoms with Crippen LogP contribution >= 0.6 is 0 Å². The molecule has 31 heavy (non-hydrogen) atoms. The third kappa shape index (κ3) is 7.08. The molecule has 0 atom stereocenters. The molecule has 2 amide bonds. The molecule has 0 aromatic heterocycles. The molecule has 7 heteroatoms. The number of carbonyl (C=O) groups is 1. The van der Waals surface area contributed by atoms with E-state index < -0.39 is 10.0 Å². The predicted octanol–water partition coefficient (Wildman–Crippen LogP) is 3.88. The average molecular weight is 446 g/mol. The Balaban J connectivity index is 1.91. The molecule has 0 heterocycles. The second kappa shape index (κ2) is 11.9. The van der Waals surface area contributed by atoms with Crippen molar-refractivity contribution in [2.75, 3.05) is 40.3 Å². The molecule has 2 aromatic carbocycles. The van der Waals surface area contributed by atoms with Gasteiger partial charge < -0.3 is 9.80 Å². The molecule has 0 N–H and O–H groups in total. The molecule has 0 aliphatic carbocycles. The average Bonchev–Trinajstić information content (AvgIpc) is 2.78. The van der Waals surface area contributed by atoms with Crippen LogP contribution in [-0.2, 0) is 22.9 Å². The first-order valence-corrected chi connectivity index (χ1v) is 12.3. The summed E-state index contributed by atoms with van der Waals surface area (Å²) in [5.41, 5.74) is 2.30. The number of urea groups is 1. The Morgan fingerprint density at radius 1 is 0.774 bits per heavy atom. The molecule has 6 nitrogen and oxygen atoms in total. The standard InChI is InChI=1S/C24H35N3O3S/c1-5-26(19-10-13-21-11-8-7-9-12-21)24(28)27(6-2)20-18-22-14-16-23(17-15-22)31(29,30)25(3)4/h7-9,11-12,14-17H,5-6,10,13,18-20H2,1-4H3. The number of nitrogens with zero attached hydrogens (tertiary/aromatic N) is 3. The van der Waals surface area contributed by atoms with Gasteiger partial charge in [0.25, 0.3) is 0 Å². The lowest BCUT2D eigenvalue weighted by atomic mass is 10.1. The van der Waals surface area contributed by atoms with Crippen molar-refractivity contribution >= 4 is 16.1 Å². The molecule has 170 valence electrons. The first-order chi connectivity index (χ1) is 14.8. The molecule has 0 aliphatic rings. The Hall–Kier alpha value is -2.38. The number of sulfonamides is 1. The van der Waals surface area contributed by atoms with Crippen LogP contribution in [0.2, 0.25) is 0 Å². The van der Waals surface area contributed by atoms with Crippen molar-refractivity contribution < 1.29 is 13.2 Å². The minimum absolute atomic E-state index is 0.0601. The number of carbonyl (C=O) groups excluding carboxylic acids is 1. The third-order valence-corrected chi connectivity index (χ3v) is 7.24. The van der Waals surface area contributed by atoms with E-state index in [-0.39, 0.29) is 10.9 Å². The fraction of sp³-hybridized carbons (Fsp3) is 0.458. The lowest BCUT2D eigenvalue weighted by Gasteiger charge is -2.29. The van der Waals surface area contributed by atoms with Gasteiger partial charge in [-0.2, -0.15) is 0 Å². The second-order valence-electron chi connectivity index (χ2n) is 7.71. The van der Waals surface area contributed by atoms with Crippen molar-refractivity contribution in [3.63, 3.8) is 0 Å². The van der Waals surface area contributed by atoms with Crippen LogP contribution in [-0.4, -0.2) is 68.8 Å². The van der Waals surface area contributed by atoms with Gasteiger partial charge in [-0.25, -0.2) is 17.5 Å². The van der Waals surface area contributed by atoms with Gasteiger partial charge in [0.15, 0.2) is 0 Å². The van der Waals surface area contributed by atoms with E-state index in [0.717, 1.165) is 24.9 Å². The van der Waals surface area contributed by atoms with Gasteiger partial charge in [-0.3, -0.25) is 0 Å². The minimum Gasteiger partial charge on any atom is -0.325 e. The van der Waals surface area contributed by atoms with Crippen LogP contribution < -0.4 is 0 Å². The van der Waals surface area contributed by atoms with Crippen molar-refractivity contribution in [2.45, 2.75) is 38.0 Å². The van der Waals surface area contributed by atoms with E-state index in [4.69, 9.17) is 0 Å². The van der Waals surface area contributed by atoms with Gasteiger partial charge in [-0.05, 0) is 56.4 Å². The van der Waals surface area contributed by atoms with Crippen molar-refractivity contribution in [1.29, 1.82) is 0 Å². The Bertz CT molecular complexity index is 913. The van der Waals surface area contributed by atoms with Crippen LogP contribution in [0.25, 0.3) is 0 Å². The highest BCUT2D eigenvalue weighted by Gasteiger charge is 2.19. The molecule has 2 aromatic rings. The zero-order chi connectivity index (χ0) is 22.9. The van der Waals surface area contributed by atoms with E-state index in [9.17, 15) is 13.2 Å². The molecular formula is C24H35N3O3S. The predicted molar refractivity (Wildman–Crippen MR) is 126 cm³/mol. The van der Waals surface area contributed by atoms with Crippen LogP contribution in [0.3, 0.4) is 0 Å². The lowest BCUT2D eigenvalue weighted by Crippen LogP contribution is -2.44. The van der Waals surface area contributed by atoms with Crippen molar-refractivity contribution in [1.82, 2.24) is 14.1 Å². The Morgan fingerprint density at radius 2 is 1.32 bits per heavy atom. The van der Waals surface area contributed by atoms with Crippen molar-refractivity contribution in [2.24, 2.45) is 0 Å². The van der Waals surface area contributed by atoms with Gasteiger partial charge in [0, 0.05) is 40.3 Å². The highest BCUT2D eigenvalue weighted by molar-refractivity contribution is 7.89. The number of hydrogen-bond donors (Lipinski definition) is 0. The monoisotopic (exact) mass is 445 g/mol. The molecule has 0 bridgehead atoms. The van der Waals surface area contributed by atoms with Gasteiger partial charge in [-0.1, -0.05) is 42.5 Å². The highest BCUT2D eigenvalue weighted by atomic mass is 32.2. The normalized spacial score (nSPS) is 11.5. The van der Waals surface area contributed by atoms with Crippen molar-refractivity contribution in [3.05, 3.63) is 65.7 Å². The summed E-state index contributed by atoms with van der Waals surface area (Å²) in [5, 5.41) is 0. The van der Waals surface area contributed by atoms with Gasteiger partial charge in [0.1, 0.15) is 0 Å². The Labute approximate surface area is 187 Å². The van der Waals surface area contributed by atoms with E-state index in [1.807, 2.05) is 54.0 Å². The first kappa shape index (κ1) is 24.9. The number of benzene rings is 2. The number of rotatable bonds is 11. The summed E-state index contributed by atoms with van der Waals surface area (Å²) >= 11 is 0. The molecule has 0 radical (unpaired) electrons. The number of likely N-dealkylation sites (N-methyl/N-ethyl adjacent to an activating group) is 1. The van der Waals surface area contributed by atoms with Gasteiger partial charge in [0.2, 0.25) is 10.0 Å². The van der Waals surface area contributed by atoms with E-state index in [1.165, 1.54) is 24.0 Å². The van der Waals surface area contributed by atoms with E-state index >= 15 is 0 Å². The maximum atomic E-state index is 13.0. The van der Waals surface area contributed by atoms with Crippen LogP contribution in [0, 0.1) is 0 Å². The third-order valence-electron chi connectivity index (χ3n) is 5.41. The lowest BCUT2D eigenvalue weighted by molar-refractivity contribution is 0.157. The zero-order valence-corrected chi connectivity index (χ0v) is 19.9. The molecule has 0 saturated carbocycles. The van der Waals surface area contributed by atoms with Crippen LogP contribution in [0.15, 0.2) is 59.5 Å². The number of hydrogen-bond acceptors (Lipinski definition) is 3. The molecule has 0 spiro atoms. The summed E-state index contributed by atoms with van der Waals surface area (Å²) < 4.78 is 25.6. The molecular weight excluding hydrogens is 410 g/mol. The quantitative estimate of drug-likeness (QED) is 0.527. The topological polar surface area (TPSA) is 60.9 Å². The SMILES string of the molecule is CCN(CCCc1ccccc1)C(=O)N(CC)CCc1ccc(S(=O)(=O)N(C)C)cc1. The molecule has 0 fully saturated rings. The Kier molecular flexibility index (Phi) is 9.52. The van der Waals surface area contributed by atoms with Gasteiger partial charge in [0.05, 0.1) is 4.90 Å². The number of aryl methyl sites for hydroxylation is 1. The Morgan fingerprint density at radius 3 is 1.87 bits per heavy atom. The van der Waals surface area contributed by atoms with Crippen molar-refractivity contribution in [3.8, 4) is 0 Å². The molecule has 2 rings (SSSR count). The smallest absolute Gasteiger partial charge is 0.319 e.